The topological polar surface area (TPSA) is 98.0 Å². The normalized spacial score (nSPS) is 25.5. The molecule has 0 radical (unpaired) electrons. The Morgan fingerprint density at radius 2 is 1.76 bits per heavy atom. The Balaban J connectivity index is 2.44. The highest BCUT2D eigenvalue weighted by Gasteiger charge is 2.63. The van der Waals surface area contributed by atoms with Crippen LogP contribution in [0, 0.1) is 11.3 Å². The summed E-state index contributed by atoms with van der Waals surface area (Å²) in [5.74, 6) is -3.33. The molecule has 0 bridgehead atoms. The van der Waals surface area contributed by atoms with Crippen molar-refractivity contribution in [2.24, 2.45) is 11.3 Å². The van der Waals surface area contributed by atoms with E-state index in [-0.39, 0.29) is 5.92 Å². The molecule has 4 N–H and O–H groups in total. The lowest BCUT2D eigenvalue weighted by atomic mass is 10.0. The molecule has 1 aromatic carbocycles. The molecule has 0 aromatic heterocycles. The predicted molar refractivity (Wildman–Crippen MR) is 59.1 cm³/mol. The van der Waals surface area contributed by atoms with E-state index in [0.717, 1.165) is 0 Å². The van der Waals surface area contributed by atoms with E-state index in [1.807, 2.05) is 0 Å². The van der Waals surface area contributed by atoms with Crippen LogP contribution in [-0.2, 0) is 4.79 Å². The lowest BCUT2D eigenvalue weighted by Gasteiger charge is -2.08. The second kappa shape index (κ2) is 3.29. The lowest BCUT2D eigenvalue weighted by molar-refractivity contribution is -0.139. The van der Waals surface area contributed by atoms with Crippen LogP contribution in [0.3, 0.4) is 0 Å². The van der Waals surface area contributed by atoms with Gasteiger partial charge in [-0.1, -0.05) is 19.9 Å². The molecule has 1 aliphatic carbocycles. The second-order valence-electron chi connectivity index (χ2n) is 4.99. The van der Waals surface area contributed by atoms with Crippen molar-refractivity contribution in [2.45, 2.75) is 19.8 Å². The van der Waals surface area contributed by atoms with Gasteiger partial charge in [-0.15, -0.1) is 0 Å². The zero-order chi connectivity index (χ0) is 13.0. The van der Waals surface area contributed by atoms with Crippen LogP contribution >= 0.6 is 0 Å². The van der Waals surface area contributed by atoms with E-state index in [1.54, 1.807) is 13.8 Å². The van der Waals surface area contributed by atoms with Crippen molar-refractivity contribution in [1.82, 2.24) is 0 Å². The van der Waals surface area contributed by atoms with Gasteiger partial charge in [0.15, 0.2) is 11.5 Å². The number of carbonyl (C=O) groups is 1. The van der Waals surface area contributed by atoms with Crippen molar-refractivity contribution in [3.8, 4) is 17.2 Å². The first kappa shape index (κ1) is 11.6. The van der Waals surface area contributed by atoms with Gasteiger partial charge < -0.3 is 20.4 Å². The largest absolute Gasteiger partial charge is 0.504 e. The Morgan fingerprint density at radius 1 is 1.18 bits per heavy atom. The Bertz CT molecular complexity index is 492. The van der Waals surface area contributed by atoms with Gasteiger partial charge in [0.2, 0.25) is 5.75 Å². The number of benzene rings is 1. The van der Waals surface area contributed by atoms with Crippen LogP contribution in [0.2, 0.25) is 0 Å². The molecule has 0 unspecified atom stereocenters. The number of carboxylic acids is 1. The van der Waals surface area contributed by atoms with E-state index in [4.69, 9.17) is 5.11 Å². The summed E-state index contributed by atoms with van der Waals surface area (Å²) in [6.45, 7) is 3.58. The number of rotatable bonds is 2. The van der Waals surface area contributed by atoms with E-state index in [9.17, 15) is 20.1 Å². The fraction of sp³-hybridized carbons (Fsp3) is 0.417. The maximum absolute atomic E-state index is 11.0. The number of phenolic OH excluding ortho intramolecular Hbond substituents is 3. The van der Waals surface area contributed by atoms with Crippen molar-refractivity contribution in [1.29, 1.82) is 0 Å². The summed E-state index contributed by atoms with van der Waals surface area (Å²) in [6, 6.07) is 2.69. The number of carboxylic acid groups (broad SMARTS) is 1. The second-order valence-corrected chi connectivity index (χ2v) is 4.99. The Labute approximate surface area is 98.0 Å². The molecule has 0 saturated heterocycles. The number of aliphatic carboxylic acids is 1. The zero-order valence-corrected chi connectivity index (χ0v) is 9.51. The molecule has 1 fully saturated rings. The summed E-state index contributed by atoms with van der Waals surface area (Å²) in [7, 11) is 0. The molecule has 5 heteroatoms. The van der Waals surface area contributed by atoms with Crippen LogP contribution in [0.15, 0.2) is 12.1 Å². The lowest BCUT2D eigenvalue weighted by Crippen LogP contribution is -2.03. The quantitative estimate of drug-likeness (QED) is 0.587. The molecule has 5 nitrogen and oxygen atoms in total. The first-order valence-electron chi connectivity index (χ1n) is 5.25. The molecular weight excluding hydrogens is 224 g/mol. The maximum atomic E-state index is 11.0. The van der Waals surface area contributed by atoms with Gasteiger partial charge in [-0.25, -0.2) is 0 Å². The maximum Gasteiger partial charge on any atom is 0.307 e. The molecule has 92 valence electrons. The minimum Gasteiger partial charge on any atom is -0.504 e. The molecule has 2 atom stereocenters. The summed E-state index contributed by atoms with van der Waals surface area (Å²) in [5, 5.41) is 37.4. The van der Waals surface area contributed by atoms with Crippen LogP contribution < -0.4 is 0 Å². The molecule has 0 heterocycles. The summed E-state index contributed by atoms with van der Waals surface area (Å²) in [4.78, 5) is 11.0. The highest BCUT2D eigenvalue weighted by atomic mass is 16.4. The Morgan fingerprint density at radius 3 is 2.24 bits per heavy atom. The van der Waals surface area contributed by atoms with Crippen molar-refractivity contribution >= 4 is 5.97 Å². The summed E-state index contributed by atoms with van der Waals surface area (Å²) < 4.78 is 0. The molecule has 0 amide bonds. The van der Waals surface area contributed by atoms with Gasteiger partial charge >= 0.3 is 5.97 Å². The van der Waals surface area contributed by atoms with Gasteiger partial charge in [0.05, 0.1) is 5.92 Å². The molecular formula is C12H14O5. The first-order chi connectivity index (χ1) is 7.78. The number of phenols is 3. The third kappa shape index (κ3) is 1.50. The molecule has 17 heavy (non-hydrogen) atoms. The molecule has 0 spiro atoms. The summed E-state index contributed by atoms with van der Waals surface area (Å²) in [6.07, 6.45) is 0. The van der Waals surface area contributed by atoms with E-state index in [0.29, 0.717) is 5.56 Å². The van der Waals surface area contributed by atoms with E-state index < -0.39 is 34.6 Å². The minimum atomic E-state index is -0.924. The van der Waals surface area contributed by atoms with Crippen molar-refractivity contribution < 1.29 is 25.2 Å². The van der Waals surface area contributed by atoms with Crippen LogP contribution in [0.25, 0.3) is 0 Å². The summed E-state index contributed by atoms with van der Waals surface area (Å²) in [5.41, 5.74) is -0.107. The third-order valence-electron chi connectivity index (χ3n) is 3.59. The van der Waals surface area contributed by atoms with Crippen molar-refractivity contribution in [2.75, 3.05) is 0 Å². The van der Waals surface area contributed by atoms with Gasteiger partial charge in [-0.2, -0.15) is 0 Å². The van der Waals surface area contributed by atoms with E-state index in [1.165, 1.54) is 12.1 Å². The Hall–Kier alpha value is -1.91. The van der Waals surface area contributed by atoms with Crippen molar-refractivity contribution in [3.05, 3.63) is 17.7 Å². The number of aromatic hydroxyl groups is 3. The minimum absolute atomic E-state index is 0.355. The zero-order valence-electron chi connectivity index (χ0n) is 9.51. The van der Waals surface area contributed by atoms with Gasteiger partial charge in [0.1, 0.15) is 0 Å². The fourth-order valence-electron chi connectivity index (χ4n) is 2.51. The molecule has 1 saturated carbocycles. The van der Waals surface area contributed by atoms with Crippen LogP contribution in [0.1, 0.15) is 25.3 Å². The van der Waals surface area contributed by atoms with Gasteiger partial charge in [-0.3, -0.25) is 4.79 Å². The smallest absolute Gasteiger partial charge is 0.307 e. The van der Waals surface area contributed by atoms with Crippen molar-refractivity contribution in [3.63, 3.8) is 0 Å². The standard InChI is InChI=1S/C12H14O5/c1-12(2)7(8(12)11(16)17)5-3-4-6(13)10(15)9(5)14/h3-4,7-8,13-15H,1-2H3,(H,16,17)/t7-,8+/m1/s1. The van der Waals surface area contributed by atoms with E-state index in [2.05, 4.69) is 0 Å². The average Bonchev–Trinajstić information content (AvgIpc) is 2.78. The SMILES string of the molecule is CC1(C)[C@H](C(=O)O)[C@H]1c1ccc(O)c(O)c1O. The number of hydrogen-bond acceptors (Lipinski definition) is 4. The van der Waals surface area contributed by atoms with Gasteiger partial charge in [0, 0.05) is 11.5 Å². The summed E-state index contributed by atoms with van der Waals surface area (Å²) >= 11 is 0. The van der Waals surface area contributed by atoms with E-state index >= 15 is 0 Å². The van der Waals surface area contributed by atoms with Crippen LogP contribution in [0.5, 0.6) is 17.2 Å². The molecule has 1 aromatic rings. The van der Waals surface area contributed by atoms with Crippen LogP contribution in [-0.4, -0.2) is 26.4 Å². The third-order valence-corrected chi connectivity index (χ3v) is 3.59. The highest BCUT2D eigenvalue weighted by Crippen LogP contribution is 2.66. The van der Waals surface area contributed by atoms with Gasteiger partial charge in [0.25, 0.3) is 0 Å². The monoisotopic (exact) mass is 238 g/mol. The molecule has 1 aliphatic rings. The average molecular weight is 238 g/mol. The fourth-order valence-corrected chi connectivity index (χ4v) is 2.51. The molecule has 2 rings (SSSR count). The predicted octanol–water partition coefficient (Wildman–Crippen LogP) is 1.63. The molecule has 0 aliphatic heterocycles. The number of hydrogen-bond donors (Lipinski definition) is 4. The Kier molecular flexibility index (Phi) is 2.24. The highest BCUT2D eigenvalue weighted by molar-refractivity contribution is 5.78. The van der Waals surface area contributed by atoms with Crippen LogP contribution in [0.4, 0.5) is 0 Å². The first-order valence-corrected chi connectivity index (χ1v) is 5.25. The van der Waals surface area contributed by atoms with Gasteiger partial charge in [-0.05, 0) is 11.5 Å².